The Hall–Kier alpha value is -2.28. The van der Waals surface area contributed by atoms with E-state index in [4.69, 9.17) is 34.8 Å². The number of nitrogens with one attached hydrogen (secondary N) is 3. The van der Waals surface area contributed by atoms with Crippen LogP contribution in [0.2, 0.25) is 15.1 Å². The zero-order valence-corrected chi connectivity index (χ0v) is 14.9. The third-order valence-electron chi connectivity index (χ3n) is 2.98. The van der Waals surface area contributed by atoms with Gasteiger partial charge in [-0.05, 0) is 36.4 Å². The first-order valence-electron chi connectivity index (χ1n) is 6.95. The number of carbonyl (C=O) groups is 3. The van der Waals surface area contributed by atoms with E-state index in [-0.39, 0.29) is 17.1 Å². The van der Waals surface area contributed by atoms with Crippen LogP contribution in [0, 0.1) is 0 Å². The average Bonchev–Trinajstić information content (AvgIpc) is 2.59. The Morgan fingerprint density at radius 2 is 1.56 bits per heavy atom. The second-order valence-electron chi connectivity index (χ2n) is 4.82. The van der Waals surface area contributed by atoms with Crippen LogP contribution in [0.1, 0.15) is 20.7 Å². The summed E-state index contributed by atoms with van der Waals surface area (Å²) < 4.78 is 0. The van der Waals surface area contributed by atoms with Gasteiger partial charge in [-0.25, -0.2) is 0 Å². The van der Waals surface area contributed by atoms with Gasteiger partial charge in [-0.15, -0.1) is 0 Å². The lowest BCUT2D eigenvalue weighted by molar-refractivity contribution is -0.120. The zero-order valence-electron chi connectivity index (χ0n) is 12.6. The molecule has 0 saturated heterocycles. The van der Waals surface area contributed by atoms with E-state index in [1.54, 1.807) is 18.2 Å². The van der Waals surface area contributed by atoms with E-state index in [1.807, 2.05) is 0 Å². The number of halogens is 3. The molecule has 9 heteroatoms. The Balaban J connectivity index is 1.83. The molecule has 0 bridgehead atoms. The van der Waals surface area contributed by atoms with Crippen molar-refractivity contribution in [3.63, 3.8) is 0 Å². The monoisotopic (exact) mass is 399 g/mol. The summed E-state index contributed by atoms with van der Waals surface area (Å²) in [4.78, 5) is 35.5. The maximum atomic E-state index is 11.9. The number of hydrogen-bond acceptors (Lipinski definition) is 3. The van der Waals surface area contributed by atoms with Crippen molar-refractivity contribution in [2.75, 3.05) is 6.54 Å². The third-order valence-corrected chi connectivity index (χ3v) is 3.78. The molecule has 2 aromatic carbocycles. The van der Waals surface area contributed by atoms with Crippen molar-refractivity contribution in [2.24, 2.45) is 0 Å². The minimum atomic E-state index is -0.637. The van der Waals surface area contributed by atoms with Gasteiger partial charge in [0, 0.05) is 15.6 Å². The molecule has 0 radical (unpaired) electrons. The number of rotatable bonds is 4. The van der Waals surface area contributed by atoms with Crippen molar-refractivity contribution in [2.45, 2.75) is 0 Å². The van der Waals surface area contributed by atoms with Crippen molar-refractivity contribution in [3.8, 4) is 0 Å². The highest BCUT2D eigenvalue weighted by Crippen LogP contribution is 2.20. The topological polar surface area (TPSA) is 87.3 Å². The molecule has 130 valence electrons. The van der Waals surface area contributed by atoms with Crippen LogP contribution in [0.3, 0.4) is 0 Å². The maximum Gasteiger partial charge on any atom is 0.271 e. The molecule has 0 atom stereocenters. The molecule has 0 spiro atoms. The predicted octanol–water partition coefficient (Wildman–Crippen LogP) is 2.84. The van der Waals surface area contributed by atoms with Gasteiger partial charge in [0.1, 0.15) is 0 Å². The standard InChI is InChI=1S/C16H12Cl3N3O3/c17-10-3-1-2-9(6-10)15(24)20-8-14(23)21-22-16(25)12-7-11(18)4-5-13(12)19/h1-7H,8H2,(H,20,24)(H,21,23)(H,22,25). The number of hydrazine groups is 1. The van der Waals surface area contributed by atoms with Gasteiger partial charge < -0.3 is 5.32 Å². The molecule has 0 aliphatic carbocycles. The summed E-state index contributed by atoms with van der Waals surface area (Å²) in [5.41, 5.74) is 4.77. The number of benzene rings is 2. The molecular formula is C16H12Cl3N3O3. The molecule has 0 aliphatic rings. The molecule has 2 rings (SSSR count). The van der Waals surface area contributed by atoms with E-state index in [0.29, 0.717) is 15.6 Å². The molecular weight excluding hydrogens is 389 g/mol. The van der Waals surface area contributed by atoms with Gasteiger partial charge in [0.2, 0.25) is 0 Å². The largest absolute Gasteiger partial charge is 0.343 e. The average molecular weight is 401 g/mol. The lowest BCUT2D eigenvalue weighted by atomic mass is 10.2. The predicted molar refractivity (Wildman–Crippen MR) is 95.9 cm³/mol. The van der Waals surface area contributed by atoms with Gasteiger partial charge in [-0.1, -0.05) is 40.9 Å². The minimum Gasteiger partial charge on any atom is -0.343 e. The van der Waals surface area contributed by atoms with E-state index < -0.39 is 17.7 Å². The molecule has 2 aromatic rings. The minimum absolute atomic E-state index is 0.109. The lowest BCUT2D eigenvalue weighted by Gasteiger charge is -2.09. The third kappa shape index (κ3) is 5.63. The molecule has 0 heterocycles. The lowest BCUT2D eigenvalue weighted by Crippen LogP contribution is -2.46. The second kappa shape index (κ2) is 8.71. The van der Waals surface area contributed by atoms with Crippen LogP contribution in [-0.2, 0) is 4.79 Å². The smallest absolute Gasteiger partial charge is 0.271 e. The van der Waals surface area contributed by atoms with Gasteiger partial charge in [0.05, 0.1) is 17.1 Å². The van der Waals surface area contributed by atoms with E-state index in [1.165, 1.54) is 24.3 Å². The van der Waals surface area contributed by atoms with Crippen molar-refractivity contribution < 1.29 is 14.4 Å². The summed E-state index contributed by atoms with van der Waals surface area (Å²) in [6.45, 7) is -0.338. The first-order chi connectivity index (χ1) is 11.9. The number of amides is 3. The molecule has 6 nitrogen and oxygen atoms in total. The fourth-order valence-corrected chi connectivity index (χ4v) is 2.37. The van der Waals surface area contributed by atoms with Crippen LogP contribution in [0.4, 0.5) is 0 Å². The van der Waals surface area contributed by atoms with Gasteiger partial charge in [-0.2, -0.15) is 0 Å². The normalized spacial score (nSPS) is 10.0. The second-order valence-corrected chi connectivity index (χ2v) is 6.10. The van der Waals surface area contributed by atoms with Crippen molar-refractivity contribution in [1.82, 2.24) is 16.2 Å². The van der Waals surface area contributed by atoms with Crippen LogP contribution in [0.15, 0.2) is 42.5 Å². The van der Waals surface area contributed by atoms with Crippen LogP contribution in [0.25, 0.3) is 0 Å². The van der Waals surface area contributed by atoms with Crippen LogP contribution < -0.4 is 16.2 Å². The molecule has 3 N–H and O–H groups in total. The van der Waals surface area contributed by atoms with Gasteiger partial charge in [-0.3, -0.25) is 25.2 Å². The van der Waals surface area contributed by atoms with Gasteiger partial charge >= 0.3 is 0 Å². The first kappa shape index (κ1) is 19.1. The Labute approximate surface area is 158 Å². The fourth-order valence-electron chi connectivity index (χ4n) is 1.80. The first-order valence-corrected chi connectivity index (χ1v) is 8.08. The van der Waals surface area contributed by atoms with Crippen LogP contribution in [-0.4, -0.2) is 24.3 Å². The molecule has 3 amide bonds. The van der Waals surface area contributed by atoms with Crippen LogP contribution >= 0.6 is 34.8 Å². The summed E-state index contributed by atoms with van der Waals surface area (Å²) in [7, 11) is 0. The molecule has 0 fully saturated rings. The molecule has 0 aliphatic heterocycles. The molecule has 25 heavy (non-hydrogen) atoms. The summed E-state index contributed by atoms with van der Waals surface area (Å²) >= 11 is 17.5. The zero-order chi connectivity index (χ0) is 18.4. The fraction of sp³-hybridized carbons (Fsp3) is 0.0625. The Morgan fingerprint density at radius 1 is 0.840 bits per heavy atom. The highest BCUT2D eigenvalue weighted by molar-refractivity contribution is 6.35. The number of carbonyl (C=O) groups excluding carboxylic acids is 3. The summed E-state index contributed by atoms with van der Waals surface area (Å²) in [5, 5.41) is 3.32. The molecule has 0 saturated carbocycles. The Kier molecular flexibility index (Phi) is 6.64. The van der Waals surface area contributed by atoms with Gasteiger partial charge in [0.25, 0.3) is 17.7 Å². The van der Waals surface area contributed by atoms with E-state index in [0.717, 1.165) is 0 Å². The van der Waals surface area contributed by atoms with Crippen LogP contribution in [0.5, 0.6) is 0 Å². The van der Waals surface area contributed by atoms with E-state index >= 15 is 0 Å². The Bertz CT molecular complexity index is 827. The number of hydrogen-bond donors (Lipinski definition) is 3. The Morgan fingerprint density at radius 3 is 2.28 bits per heavy atom. The molecule has 0 unspecified atom stereocenters. The summed E-state index contributed by atoms with van der Waals surface area (Å²) in [6, 6.07) is 10.6. The van der Waals surface area contributed by atoms with Crippen molar-refractivity contribution in [1.29, 1.82) is 0 Å². The van der Waals surface area contributed by atoms with E-state index in [2.05, 4.69) is 16.2 Å². The van der Waals surface area contributed by atoms with Crippen molar-refractivity contribution >= 4 is 52.5 Å². The highest BCUT2D eigenvalue weighted by atomic mass is 35.5. The quantitative estimate of drug-likeness (QED) is 0.690. The molecule has 0 aromatic heterocycles. The van der Waals surface area contributed by atoms with E-state index in [9.17, 15) is 14.4 Å². The van der Waals surface area contributed by atoms with Crippen molar-refractivity contribution in [3.05, 3.63) is 68.7 Å². The van der Waals surface area contributed by atoms with Gasteiger partial charge in [0.15, 0.2) is 0 Å². The highest BCUT2D eigenvalue weighted by Gasteiger charge is 2.13. The maximum absolute atomic E-state index is 11.9. The summed E-state index contributed by atoms with van der Waals surface area (Å²) in [6.07, 6.45) is 0. The summed E-state index contributed by atoms with van der Waals surface area (Å²) in [5.74, 6) is -1.73. The SMILES string of the molecule is O=C(CNC(=O)c1cccc(Cl)c1)NNC(=O)c1cc(Cl)ccc1Cl.